The van der Waals surface area contributed by atoms with Gasteiger partial charge in [-0.05, 0) is 57.5 Å². The van der Waals surface area contributed by atoms with Crippen molar-refractivity contribution in [3.8, 4) is 0 Å². The second-order valence-electron chi connectivity index (χ2n) is 11.4. The topological polar surface area (TPSA) is 181 Å². The van der Waals surface area contributed by atoms with Crippen molar-refractivity contribution in [1.29, 1.82) is 0 Å². The summed E-state index contributed by atoms with van der Waals surface area (Å²) >= 11 is -2.68. The van der Waals surface area contributed by atoms with E-state index in [0.29, 0.717) is 5.56 Å². The molecule has 1 aliphatic rings. The molecule has 13 nitrogen and oxygen atoms in total. The fourth-order valence-corrected chi connectivity index (χ4v) is 4.46. The predicted octanol–water partition coefficient (Wildman–Crippen LogP) is 8.71. The first-order valence-corrected chi connectivity index (χ1v) is 19.9. The number of halogens is 1. The Morgan fingerprint density at radius 2 is 1.04 bits per heavy atom. The van der Waals surface area contributed by atoms with E-state index in [1.807, 2.05) is 76.2 Å². The summed E-state index contributed by atoms with van der Waals surface area (Å²) in [6.07, 6.45) is 12.5. The normalized spacial score (nSPS) is 13.3. The van der Waals surface area contributed by atoms with Gasteiger partial charge in [0.25, 0.3) is 0 Å². The van der Waals surface area contributed by atoms with Crippen molar-refractivity contribution < 1.29 is 43.1 Å². The summed E-state index contributed by atoms with van der Waals surface area (Å²) in [7, 11) is -0.250. The number of carbonyl (C=O) groups excluding carboxylic acids is 1. The van der Waals surface area contributed by atoms with Gasteiger partial charge in [-0.3, -0.25) is 4.79 Å². The van der Waals surface area contributed by atoms with E-state index in [1.54, 1.807) is 49.4 Å². The van der Waals surface area contributed by atoms with Crippen molar-refractivity contribution in [3.63, 3.8) is 0 Å². The summed E-state index contributed by atoms with van der Waals surface area (Å²) in [5.41, 5.74) is 3.99. The van der Waals surface area contributed by atoms with Crippen LogP contribution in [-0.4, -0.2) is 54.5 Å². The molecule has 3 aromatic carbocycles. The van der Waals surface area contributed by atoms with Crippen LogP contribution in [0.15, 0.2) is 116 Å². The maximum atomic E-state index is 10.4. The van der Waals surface area contributed by atoms with E-state index in [9.17, 15) is 4.79 Å². The molecule has 0 N–H and O–H groups in total. The van der Waals surface area contributed by atoms with Gasteiger partial charge in [0.05, 0.1) is 27.8 Å². The SMILES string of the molecule is Brc1ccc2cncnc2c1.C.C.C=CB1OC(C)(C)C(C)(C)O1.C=Cc1ccc2cncnc2c1.O=Cc1ccc2cncnc2c1.[O]=[Os](=[O])(=[O])=[O]. The minimum atomic E-state index is -6.06. The predicted molar refractivity (Wildman–Crippen MR) is 204 cm³/mol. The van der Waals surface area contributed by atoms with Crippen LogP contribution in [0.1, 0.15) is 58.5 Å². The van der Waals surface area contributed by atoms with E-state index in [0.717, 1.165) is 49.0 Å². The average Bonchev–Trinajstić information content (AvgIpc) is 3.33. The number of fused-ring (bicyclic) bond motifs is 3. The van der Waals surface area contributed by atoms with Gasteiger partial charge >= 0.3 is 36.1 Å². The molecule has 3 aromatic heterocycles. The van der Waals surface area contributed by atoms with E-state index in [2.05, 4.69) is 59.0 Å². The fourth-order valence-electron chi connectivity index (χ4n) is 4.11. The molecule has 0 unspecified atom stereocenters. The van der Waals surface area contributed by atoms with Crippen molar-refractivity contribution in [1.82, 2.24) is 29.9 Å². The Bertz CT molecular complexity index is 2260. The first-order chi connectivity index (χ1) is 24.0. The molecule has 16 heteroatoms. The Morgan fingerprint density at radius 3 is 1.42 bits per heavy atom. The summed E-state index contributed by atoms with van der Waals surface area (Å²) < 4.78 is 46.7. The Labute approximate surface area is 320 Å². The molecule has 4 heterocycles. The molecule has 1 fully saturated rings. The van der Waals surface area contributed by atoms with Gasteiger partial charge in [-0.25, -0.2) is 29.9 Å². The average molecular weight is 964 g/mol. The van der Waals surface area contributed by atoms with Crippen molar-refractivity contribution in [2.75, 3.05) is 0 Å². The van der Waals surface area contributed by atoms with Crippen LogP contribution in [-0.2, 0) is 38.3 Å². The monoisotopic (exact) mass is 964 g/mol. The zero-order valence-electron chi connectivity index (χ0n) is 28.2. The van der Waals surface area contributed by atoms with Crippen LogP contribution in [0.2, 0.25) is 0 Å². The number of benzene rings is 3. The molecule has 0 bridgehead atoms. The Balaban J connectivity index is 0.000000335. The molecule has 53 heavy (non-hydrogen) atoms. The molecule has 1 aliphatic heterocycles. The molecule has 1 saturated heterocycles. The number of nitrogens with zero attached hydrogens (tertiary/aromatic N) is 6. The summed E-state index contributed by atoms with van der Waals surface area (Å²) in [5, 5.41) is 3.07. The third kappa shape index (κ3) is 15.0. The number of hydrogen-bond donors (Lipinski definition) is 0. The summed E-state index contributed by atoms with van der Waals surface area (Å²) in [4.78, 5) is 34.4. The van der Waals surface area contributed by atoms with Crippen LogP contribution in [0.5, 0.6) is 0 Å². The Hall–Kier alpha value is -4.87. The molecular formula is C37H42BBrN6O7Os. The zero-order chi connectivity index (χ0) is 37.7. The molecule has 6 aromatic rings. The molecular weight excluding hydrogens is 921 g/mol. The fraction of sp³-hybridized carbons (Fsp3) is 0.216. The number of aromatic nitrogens is 6. The van der Waals surface area contributed by atoms with Gasteiger partial charge in [0, 0.05) is 44.8 Å². The van der Waals surface area contributed by atoms with E-state index < -0.39 is 14.8 Å². The number of hydrogen-bond acceptors (Lipinski definition) is 13. The molecule has 0 saturated carbocycles. The van der Waals surface area contributed by atoms with Crippen molar-refractivity contribution in [3.05, 3.63) is 127 Å². The van der Waals surface area contributed by atoms with Crippen molar-refractivity contribution in [2.24, 2.45) is 0 Å². The molecule has 7 rings (SSSR count). The first kappa shape index (κ1) is 46.2. The van der Waals surface area contributed by atoms with Crippen molar-refractivity contribution >= 4 is 68.1 Å². The molecule has 0 amide bonds. The van der Waals surface area contributed by atoms with Gasteiger partial charge in [-0.2, -0.15) is 0 Å². The van der Waals surface area contributed by atoms with Crippen LogP contribution in [0.4, 0.5) is 0 Å². The summed E-state index contributed by atoms with van der Waals surface area (Å²) in [5.74, 6) is 1.68. The number of carbonyl (C=O) groups is 1. The summed E-state index contributed by atoms with van der Waals surface area (Å²) in [6.45, 7) is 15.4. The van der Waals surface area contributed by atoms with Crippen LogP contribution < -0.4 is 0 Å². The third-order valence-corrected chi connectivity index (χ3v) is 7.86. The standard InChI is InChI=1S/C10H8N2.C9H6N2O.C8H15BO2.C8H5BrN2.2CH4.4O.Os/c1-2-8-3-4-9-6-11-7-12-10(9)5-8;12-5-7-1-2-8-4-10-6-11-9(8)3-7;1-6-9-10-7(2,3)8(4,5)11-9;9-7-2-1-6-4-10-5-11-8(6)3-7;;;;;;;/h2-7H,1H2;1-6H;6H,1H2,2-5H3;1-5H;2*1H4;;;;;. The molecule has 0 atom stereocenters. The van der Waals surface area contributed by atoms with Crippen LogP contribution in [0.3, 0.4) is 0 Å². The molecule has 0 spiro atoms. The van der Waals surface area contributed by atoms with E-state index >= 15 is 0 Å². The van der Waals surface area contributed by atoms with Crippen LogP contribution in [0, 0.1) is 0 Å². The van der Waals surface area contributed by atoms with Crippen LogP contribution >= 0.6 is 15.9 Å². The van der Waals surface area contributed by atoms with Gasteiger partial charge in [0.15, 0.2) is 0 Å². The maximum absolute atomic E-state index is 10.4. The molecule has 0 aliphatic carbocycles. The van der Waals surface area contributed by atoms with Gasteiger partial charge in [-0.1, -0.05) is 79.7 Å². The van der Waals surface area contributed by atoms with Gasteiger partial charge < -0.3 is 9.31 Å². The second kappa shape index (κ2) is 21.0. The minimum absolute atomic E-state index is 0. The second-order valence-corrected chi connectivity index (χ2v) is 14.9. The first-order valence-electron chi connectivity index (χ1n) is 14.9. The summed E-state index contributed by atoms with van der Waals surface area (Å²) in [6, 6.07) is 17.2. The van der Waals surface area contributed by atoms with Gasteiger partial charge in [-0.15, -0.1) is 6.58 Å². The number of rotatable bonds is 3. The third-order valence-electron chi connectivity index (χ3n) is 7.37. The Kier molecular flexibility index (Phi) is 18.3. The number of aldehydes is 1. The quantitative estimate of drug-likeness (QED) is 0.121. The zero-order valence-corrected chi connectivity index (χ0v) is 32.3. The van der Waals surface area contributed by atoms with E-state index in [1.165, 1.54) is 6.33 Å². The van der Waals surface area contributed by atoms with E-state index in [-0.39, 0.29) is 33.2 Å². The molecule has 280 valence electrons. The Morgan fingerprint density at radius 1 is 0.660 bits per heavy atom. The van der Waals surface area contributed by atoms with Gasteiger partial charge in [0.1, 0.15) is 25.3 Å². The van der Waals surface area contributed by atoms with Crippen LogP contribution in [0.25, 0.3) is 38.8 Å². The molecule has 0 radical (unpaired) electrons. The van der Waals surface area contributed by atoms with Gasteiger partial charge in [0.2, 0.25) is 0 Å². The van der Waals surface area contributed by atoms with E-state index in [4.69, 9.17) is 23.5 Å². The van der Waals surface area contributed by atoms with Crippen molar-refractivity contribution in [2.45, 2.75) is 53.8 Å².